The highest BCUT2D eigenvalue weighted by Crippen LogP contribution is 2.16. The number of nitrogens with zero attached hydrogens (tertiary/aromatic N) is 2. The van der Waals surface area contributed by atoms with Crippen molar-refractivity contribution in [2.75, 3.05) is 26.2 Å². The van der Waals surface area contributed by atoms with Crippen molar-refractivity contribution in [1.29, 1.82) is 0 Å². The Labute approximate surface area is 141 Å². The molecule has 5 heteroatoms. The summed E-state index contributed by atoms with van der Waals surface area (Å²) in [6.45, 7) is 1.80. The summed E-state index contributed by atoms with van der Waals surface area (Å²) in [4.78, 5) is 28.8. The number of carbonyl (C=O) groups excluding carboxylic acids is 2. The summed E-state index contributed by atoms with van der Waals surface area (Å²) >= 11 is 0. The molecule has 0 radical (unpaired) electrons. The minimum Gasteiger partial charge on any atom is -0.335 e. The average Bonchev–Trinajstić information content (AvgIpc) is 2.67. The van der Waals surface area contributed by atoms with Crippen LogP contribution in [0.2, 0.25) is 0 Å². The molecular formula is C19H21N3O2. The molecule has 2 N–H and O–H groups in total. The highest BCUT2D eigenvalue weighted by atomic mass is 16.2. The SMILES string of the molecule is NCC1CN(C(=O)c2ccccc2)CCN1C(=O)c1ccccc1. The summed E-state index contributed by atoms with van der Waals surface area (Å²) in [7, 11) is 0. The number of nitrogens with two attached hydrogens (primary N) is 1. The van der Waals surface area contributed by atoms with E-state index in [1.807, 2.05) is 36.4 Å². The second-order valence-corrected chi connectivity index (χ2v) is 5.87. The molecule has 1 heterocycles. The number of benzene rings is 2. The van der Waals surface area contributed by atoms with Crippen molar-refractivity contribution in [3.05, 3.63) is 71.8 Å². The van der Waals surface area contributed by atoms with Crippen LogP contribution in [0.1, 0.15) is 20.7 Å². The zero-order chi connectivity index (χ0) is 16.9. The Hall–Kier alpha value is -2.66. The molecule has 1 fully saturated rings. The molecule has 24 heavy (non-hydrogen) atoms. The molecular weight excluding hydrogens is 302 g/mol. The lowest BCUT2D eigenvalue weighted by molar-refractivity contribution is 0.0399. The Kier molecular flexibility index (Phi) is 4.91. The van der Waals surface area contributed by atoms with Gasteiger partial charge in [-0.15, -0.1) is 0 Å². The molecule has 0 aromatic heterocycles. The second kappa shape index (κ2) is 7.27. The number of amides is 2. The third-order valence-corrected chi connectivity index (χ3v) is 4.34. The number of hydrogen-bond donors (Lipinski definition) is 1. The van der Waals surface area contributed by atoms with Gasteiger partial charge in [-0.2, -0.15) is 0 Å². The van der Waals surface area contributed by atoms with Gasteiger partial charge in [0.1, 0.15) is 0 Å². The van der Waals surface area contributed by atoms with E-state index in [1.165, 1.54) is 0 Å². The summed E-state index contributed by atoms with van der Waals surface area (Å²) < 4.78 is 0. The van der Waals surface area contributed by atoms with Gasteiger partial charge >= 0.3 is 0 Å². The van der Waals surface area contributed by atoms with Gasteiger partial charge in [-0.05, 0) is 24.3 Å². The zero-order valence-electron chi connectivity index (χ0n) is 13.5. The summed E-state index contributed by atoms with van der Waals surface area (Å²) in [5.41, 5.74) is 7.19. The van der Waals surface area contributed by atoms with Crippen LogP contribution in [-0.2, 0) is 0 Å². The van der Waals surface area contributed by atoms with Crippen LogP contribution in [0.15, 0.2) is 60.7 Å². The number of carbonyl (C=O) groups is 2. The lowest BCUT2D eigenvalue weighted by Gasteiger charge is -2.41. The van der Waals surface area contributed by atoms with E-state index in [9.17, 15) is 9.59 Å². The monoisotopic (exact) mass is 323 g/mol. The lowest BCUT2D eigenvalue weighted by atomic mass is 10.1. The van der Waals surface area contributed by atoms with Gasteiger partial charge in [-0.3, -0.25) is 9.59 Å². The van der Waals surface area contributed by atoms with Crippen molar-refractivity contribution in [3.63, 3.8) is 0 Å². The van der Waals surface area contributed by atoms with E-state index in [0.29, 0.717) is 37.3 Å². The Balaban J connectivity index is 1.72. The van der Waals surface area contributed by atoms with Gasteiger partial charge in [-0.25, -0.2) is 0 Å². The molecule has 0 spiro atoms. The van der Waals surface area contributed by atoms with Crippen LogP contribution in [-0.4, -0.2) is 53.8 Å². The summed E-state index contributed by atoms with van der Waals surface area (Å²) in [5.74, 6) is -0.0429. The Morgan fingerprint density at radius 2 is 1.42 bits per heavy atom. The summed E-state index contributed by atoms with van der Waals surface area (Å²) in [6.07, 6.45) is 0. The Bertz CT molecular complexity index is 703. The quantitative estimate of drug-likeness (QED) is 0.933. The summed E-state index contributed by atoms with van der Waals surface area (Å²) in [5, 5.41) is 0. The van der Waals surface area contributed by atoms with E-state index < -0.39 is 0 Å². The van der Waals surface area contributed by atoms with E-state index in [2.05, 4.69) is 0 Å². The van der Waals surface area contributed by atoms with Crippen molar-refractivity contribution < 1.29 is 9.59 Å². The fourth-order valence-corrected chi connectivity index (χ4v) is 3.02. The molecule has 2 aromatic rings. The first-order valence-electron chi connectivity index (χ1n) is 8.11. The van der Waals surface area contributed by atoms with Crippen LogP contribution in [0, 0.1) is 0 Å². The van der Waals surface area contributed by atoms with Gasteiger partial charge in [0.2, 0.25) is 0 Å². The maximum absolute atomic E-state index is 12.7. The first kappa shape index (κ1) is 16.2. The van der Waals surface area contributed by atoms with Crippen LogP contribution in [0.4, 0.5) is 0 Å². The lowest BCUT2D eigenvalue weighted by Crippen LogP contribution is -2.58. The maximum atomic E-state index is 12.7. The number of piperazine rings is 1. The zero-order valence-corrected chi connectivity index (χ0v) is 13.5. The highest BCUT2D eigenvalue weighted by molar-refractivity contribution is 5.96. The molecule has 0 bridgehead atoms. The average molecular weight is 323 g/mol. The molecule has 3 rings (SSSR count). The number of hydrogen-bond acceptors (Lipinski definition) is 3. The second-order valence-electron chi connectivity index (χ2n) is 5.87. The predicted molar refractivity (Wildman–Crippen MR) is 92.7 cm³/mol. The minimum atomic E-state index is -0.167. The van der Waals surface area contributed by atoms with Crippen molar-refractivity contribution >= 4 is 11.8 Å². The maximum Gasteiger partial charge on any atom is 0.254 e. The molecule has 1 unspecified atom stereocenters. The van der Waals surface area contributed by atoms with Gasteiger partial charge in [-0.1, -0.05) is 36.4 Å². The van der Waals surface area contributed by atoms with Gasteiger partial charge in [0.25, 0.3) is 11.8 Å². The molecule has 0 aliphatic carbocycles. The fourth-order valence-electron chi connectivity index (χ4n) is 3.02. The molecule has 2 amide bonds. The first-order valence-corrected chi connectivity index (χ1v) is 8.11. The largest absolute Gasteiger partial charge is 0.335 e. The topological polar surface area (TPSA) is 66.6 Å². The smallest absolute Gasteiger partial charge is 0.254 e. The Morgan fingerprint density at radius 3 is 1.96 bits per heavy atom. The molecule has 1 atom stereocenters. The van der Waals surface area contributed by atoms with Crippen LogP contribution < -0.4 is 5.73 Å². The molecule has 1 aliphatic heterocycles. The summed E-state index contributed by atoms with van der Waals surface area (Å²) in [6, 6.07) is 18.2. The van der Waals surface area contributed by atoms with Crippen LogP contribution >= 0.6 is 0 Å². The molecule has 2 aromatic carbocycles. The molecule has 1 aliphatic rings. The molecule has 5 nitrogen and oxygen atoms in total. The minimum absolute atomic E-state index is 0.0131. The van der Waals surface area contributed by atoms with Crippen LogP contribution in [0.3, 0.4) is 0 Å². The highest BCUT2D eigenvalue weighted by Gasteiger charge is 2.32. The van der Waals surface area contributed by atoms with Gasteiger partial charge in [0.05, 0.1) is 6.04 Å². The van der Waals surface area contributed by atoms with E-state index >= 15 is 0 Å². The molecule has 124 valence electrons. The van der Waals surface area contributed by atoms with E-state index in [4.69, 9.17) is 5.73 Å². The van der Waals surface area contributed by atoms with Crippen molar-refractivity contribution in [2.45, 2.75) is 6.04 Å². The molecule has 1 saturated heterocycles. The van der Waals surface area contributed by atoms with E-state index in [-0.39, 0.29) is 17.9 Å². The predicted octanol–water partition coefficient (Wildman–Crippen LogP) is 1.61. The van der Waals surface area contributed by atoms with Gasteiger partial charge < -0.3 is 15.5 Å². The third kappa shape index (κ3) is 3.31. The van der Waals surface area contributed by atoms with Crippen molar-refractivity contribution in [1.82, 2.24) is 9.80 Å². The van der Waals surface area contributed by atoms with Gasteiger partial charge in [0.15, 0.2) is 0 Å². The van der Waals surface area contributed by atoms with Gasteiger partial charge in [0, 0.05) is 37.3 Å². The van der Waals surface area contributed by atoms with E-state index in [1.54, 1.807) is 34.1 Å². The van der Waals surface area contributed by atoms with Crippen LogP contribution in [0.5, 0.6) is 0 Å². The fraction of sp³-hybridized carbons (Fsp3) is 0.263. The van der Waals surface area contributed by atoms with Crippen LogP contribution in [0.25, 0.3) is 0 Å². The van der Waals surface area contributed by atoms with Crippen molar-refractivity contribution in [3.8, 4) is 0 Å². The van der Waals surface area contributed by atoms with Crippen molar-refractivity contribution in [2.24, 2.45) is 5.73 Å². The molecule has 0 saturated carbocycles. The standard InChI is InChI=1S/C19H21N3O2/c20-13-17-14-21(18(23)15-7-3-1-4-8-15)11-12-22(17)19(24)16-9-5-2-6-10-16/h1-10,17H,11-14,20H2. The number of rotatable bonds is 3. The van der Waals surface area contributed by atoms with E-state index in [0.717, 1.165) is 0 Å². The first-order chi connectivity index (χ1) is 11.7. The normalized spacial score (nSPS) is 17.6. The Morgan fingerprint density at radius 1 is 0.875 bits per heavy atom. The third-order valence-electron chi connectivity index (χ3n) is 4.34.